The summed E-state index contributed by atoms with van der Waals surface area (Å²) in [5.41, 5.74) is 8.73. The zero-order valence-corrected chi connectivity index (χ0v) is 10.9. The zero-order chi connectivity index (χ0) is 15.0. The van der Waals surface area contributed by atoms with E-state index >= 15 is 0 Å². The van der Waals surface area contributed by atoms with Crippen LogP contribution in [0.4, 0.5) is 11.5 Å². The van der Waals surface area contributed by atoms with Crippen LogP contribution in [0.2, 0.25) is 0 Å². The van der Waals surface area contributed by atoms with Gasteiger partial charge < -0.3 is 10.8 Å². The van der Waals surface area contributed by atoms with Crippen molar-refractivity contribution >= 4 is 17.2 Å². The first kappa shape index (κ1) is 13.1. The number of aliphatic hydroxyl groups is 1. The zero-order valence-electron chi connectivity index (χ0n) is 10.9. The van der Waals surface area contributed by atoms with Crippen LogP contribution in [0.25, 0.3) is 16.9 Å². The SMILES string of the molecule is Nc1c(-c2ccc([N+](=O)[O-])cc2)nc2ccc(CO)cn12. The van der Waals surface area contributed by atoms with E-state index in [2.05, 4.69) is 4.98 Å². The number of benzene rings is 1. The molecule has 0 amide bonds. The van der Waals surface area contributed by atoms with E-state index in [9.17, 15) is 10.1 Å². The van der Waals surface area contributed by atoms with Crippen molar-refractivity contribution in [2.24, 2.45) is 0 Å². The Morgan fingerprint density at radius 3 is 2.57 bits per heavy atom. The molecule has 0 radical (unpaired) electrons. The molecule has 106 valence electrons. The number of nitro benzene ring substituents is 1. The van der Waals surface area contributed by atoms with Crippen molar-refractivity contribution in [2.45, 2.75) is 6.61 Å². The van der Waals surface area contributed by atoms with Gasteiger partial charge in [0.15, 0.2) is 0 Å². The summed E-state index contributed by atoms with van der Waals surface area (Å²) >= 11 is 0. The van der Waals surface area contributed by atoms with E-state index in [1.54, 1.807) is 34.9 Å². The van der Waals surface area contributed by atoms with Crippen molar-refractivity contribution in [2.75, 3.05) is 5.73 Å². The Bertz CT molecular complexity index is 824. The topological polar surface area (TPSA) is 107 Å². The first-order chi connectivity index (χ1) is 10.1. The number of rotatable bonds is 3. The number of nitrogens with zero attached hydrogens (tertiary/aromatic N) is 3. The number of nitro groups is 1. The molecule has 0 bridgehead atoms. The number of fused-ring (bicyclic) bond motifs is 1. The van der Waals surface area contributed by atoms with E-state index in [0.29, 0.717) is 22.7 Å². The summed E-state index contributed by atoms with van der Waals surface area (Å²) in [5, 5.41) is 19.8. The third-order valence-corrected chi connectivity index (χ3v) is 3.25. The van der Waals surface area contributed by atoms with Crippen LogP contribution in [0.5, 0.6) is 0 Å². The van der Waals surface area contributed by atoms with Gasteiger partial charge in [0.05, 0.1) is 11.5 Å². The molecule has 0 aliphatic heterocycles. The molecule has 0 aliphatic carbocycles. The number of anilines is 1. The van der Waals surface area contributed by atoms with Crippen LogP contribution >= 0.6 is 0 Å². The third kappa shape index (κ3) is 2.19. The second kappa shape index (κ2) is 4.88. The van der Waals surface area contributed by atoms with Gasteiger partial charge in [-0.15, -0.1) is 0 Å². The Balaban J connectivity index is 2.11. The molecule has 1 aromatic carbocycles. The molecule has 0 unspecified atom stereocenters. The fourth-order valence-corrected chi connectivity index (χ4v) is 2.15. The Kier molecular flexibility index (Phi) is 3.03. The summed E-state index contributed by atoms with van der Waals surface area (Å²) in [7, 11) is 0. The van der Waals surface area contributed by atoms with Crippen LogP contribution in [0, 0.1) is 10.1 Å². The molecule has 0 atom stereocenters. The van der Waals surface area contributed by atoms with E-state index in [1.807, 2.05) is 0 Å². The number of hydrogen-bond acceptors (Lipinski definition) is 5. The van der Waals surface area contributed by atoms with Gasteiger partial charge in [-0.2, -0.15) is 0 Å². The summed E-state index contributed by atoms with van der Waals surface area (Å²) < 4.78 is 1.68. The lowest BCUT2D eigenvalue weighted by Crippen LogP contribution is -1.96. The molecule has 0 saturated heterocycles. The van der Waals surface area contributed by atoms with Gasteiger partial charge >= 0.3 is 0 Å². The summed E-state index contributed by atoms with van der Waals surface area (Å²) in [6, 6.07) is 9.58. The van der Waals surface area contributed by atoms with Crippen molar-refractivity contribution in [1.82, 2.24) is 9.38 Å². The lowest BCUT2D eigenvalue weighted by molar-refractivity contribution is -0.384. The maximum atomic E-state index is 10.7. The Hall–Kier alpha value is -2.93. The highest BCUT2D eigenvalue weighted by Gasteiger charge is 2.13. The maximum Gasteiger partial charge on any atom is 0.269 e. The maximum absolute atomic E-state index is 10.7. The molecule has 21 heavy (non-hydrogen) atoms. The standard InChI is InChI=1S/C14H12N4O3/c15-14-13(10-2-4-11(5-3-10)18(20)21)16-12-6-1-9(8-19)7-17(12)14/h1-7,19H,8,15H2. The molecular weight excluding hydrogens is 272 g/mol. The minimum atomic E-state index is -0.454. The van der Waals surface area contributed by atoms with Crippen molar-refractivity contribution in [3.8, 4) is 11.3 Å². The first-order valence-corrected chi connectivity index (χ1v) is 6.22. The molecule has 0 spiro atoms. The second-order valence-corrected chi connectivity index (χ2v) is 4.57. The normalized spacial score (nSPS) is 10.9. The van der Waals surface area contributed by atoms with Crippen molar-refractivity contribution < 1.29 is 10.0 Å². The number of nitrogens with two attached hydrogens (primary N) is 1. The smallest absolute Gasteiger partial charge is 0.269 e. The molecule has 3 N–H and O–H groups in total. The predicted molar refractivity (Wildman–Crippen MR) is 77.6 cm³/mol. The van der Waals surface area contributed by atoms with Crippen molar-refractivity contribution in [1.29, 1.82) is 0 Å². The van der Waals surface area contributed by atoms with E-state index in [-0.39, 0.29) is 12.3 Å². The van der Waals surface area contributed by atoms with Gasteiger partial charge in [-0.05, 0) is 23.8 Å². The van der Waals surface area contributed by atoms with Crippen LogP contribution in [-0.4, -0.2) is 19.4 Å². The number of aliphatic hydroxyl groups excluding tert-OH is 1. The molecule has 7 heteroatoms. The van der Waals surface area contributed by atoms with E-state index in [0.717, 1.165) is 5.56 Å². The van der Waals surface area contributed by atoms with E-state index in [4.69, 9.17) is 10.8 Å². The van der Waals surface area contributed by atoms with E-state index < -0.39 is 4.92 Å². The fourth-order valence-electron chi connectivity index (χ4n) is 2.15. The van der Waals surface area contributed by atoms with Gasteiger partial charge in [0.25, 0.3) is 5.69 Å². The molecule has 0 aliphatic rings. The number of aromatic nitrogens is 2. The number of pyridine rings is 1. The average Bonchev–Trinajstić information content (AvgIpc) is 2.84. The molecule has 7 nitrogen and oxygen atoms in total. The lowest BCUT2D eigenvalue weighted by atomic mass is 10.1. The van der Waals surface area contributed by atoms with Gasteiger partial charge in [-0.3, -0.25) is 14.5 Å². The van der Waals surface area contributed by atoms with Crippen LogP contribution < -0.4 is 5.73 Å². The second-order valence-electron chi connectivity index (χ2n) is 4.57. The first-order valence-electron chi connectivity index (χ1n) is 6.22. The van der Waals surface area contributed by atoms with Crippen LogP contribution in [0.3, 0.4) is 0 Å². The monoisotopic (exact) mass is 284 g/mol. The summed E-state index contributed by atoms with van der Waals surface area (Å²) in [5.74, 6) is 0.425. The van der Waals surface area contributed by atoms with Crippen LogP contribution in [-0.2, 0) is 6.61 Å². The Labute approximate surface area is 119 Å². The van der Waals surface area contributed by atoms with E-state index in [1.165, 1.54) is 12.1 Å². The quantitative estimate of drug-likeness (QED) is 0.565. The van der Waals surface area contributed by atoms with Gasteiger partial charge in [0.1, 0.15) is 17.2 Å². The summed E-state index contributed by atoms with van der Waals surface area (Å²) in [6.45, 7) is -0.0829. The highest BCUT2D eigenvalue weighted by molar-refractivity contribution is 5.75. The van der Waals surface area contributed by atoms with Crippen LogP contribution in [0.15, 0.2) is 42.6 Å². The molecule has 2 aromatic heterocycles. The minimum absolute atomic E-state index is 0.0173. The molecule has 0 fully saturated rings. The number of nitrogen functional groups attached to an aromatic ring is 1. The lowest BCUT2D eigenvalue weighted by Gasteiger charge is -2.01. The van der Waals surface area contributed by atoms with Crippen LogP contribution in [0.1, 0.15) is 5.56 Å². The molecule has 3 aromatic rings. The van der Waals surface area contributed by atoms with Gasteiger partial charge in [-0.25, -0.2) is 4.98 Å². The molecule has 2 heterocycles. The number of non-ortho nitro benzene ring substituents is 1. The summed E-state index contributed by atoms with van der Waals surface area (Å²) in [6.07, 6.45) is 1.71. The Morgan fingerprint density at radius 1 is 1.24 bits per heavy atom. The van der Waals surface area contributed by atoms with Gasteiger partial charge in [-0.1, -0.05) is 6.07 Å². The van der Waals surface area contributed by atoms with Gasteiger partial charge in [0.2, 0.25) is 0 Å². The minimum Gasteiger partial charge on any atom is -0.392 e. The number of imidazole rings is 1. The van der Waals surface area contributed by atoms with Gasteiger partial charge in [0, 0.05) is 23.9 Å². The van der Waals surface area contributed by atoms with Crippen molar-refractivity contribution in [3.63, 3.8) is 0 Å². The largest absolute Gasteiger partial charge is 0.392 e. The predicted octanol–water partition coefficient (Wildman–Crippen LogP) is 1.98. The Morgan fingerprint density at radius 2 is 1.95 bits per heavy atom. The molecule has 0 saturated carbocycles. The molecular formula is C14H12N4O3. The highest BCUT2D eigenvalue weighted by Crippen LogP contribution is 2.28. The number of hydrogen-bond donors (Lipinski definition) is 2. The van der Waals surface area contributed by atoms with Crippen molar-refractivity contribution in [3.05, 3.63) is 58.3 Å². The third-order valence-electron chi connectivity index (χ3n) is 3.25. The fraction of sp³-hybridized carbons (Fsp3) is 0.0714. The highest BCUT2D eigenvalue weighted by atomic mass is 16.6. The summed E-state index contributed by atoms with van der Waals surface area (Å²) in [4.78, 5) is 14.6. The molecule has 3 rings (SSSR count). The average molecular weight is 284 g/mol.